The van der Waals surface area contributed by atoms with Gasteiger partial charge < -0.3 is 15.8 Å². The van der Waals surface area contributed by atoms with Gasteiger partial charge in [0.15, 0.2) is 0 Å². The molecule has 0 saturated carbocycles. The minimum atomic E-state index is -0.0841. The summed E-state index contributed by atoms with van der Waals surface area (Å²) in [5.74, 6) is 0.343. The van der Waals surface area contributed by atoms with E-state index in [0.29, 0.717) is 19.1 Å². The maximum atomic E-state index is 12.0. The highest BCUT2D eigenvalue weighted by Gasteiger charge is 2.22. The second-order valence-corrected chi connectivity index (χ2v) is 4.87. The molecule has 0 aliphatic heterocycles. The second-order valence-electron chi connectivity index (χ2n) is 4.87. The monoisotopic (exact) mass is 278 g/mol. The van der Waals surface area contributed by atoms with Gasteiger partial charge in [-0.05, 0) is 11.5 Å². The number of rotatable bonds is 9. The average Bonchev–Trinajstić information content (AvgIpc) is 2.48. The number of nitrogens with one attached hydrogen (secondary N) is 1. The molecule has 0 aliphatic carbocycles. The molecule has 1 rings (SSSR count). The molecule has 0 saturated heterocycles. The van der Waals surface area contributed by atoms with E-state index in [0.717, 1.165) is 18.4 Å². The van der Waals surface area contributed by atoms with Crippen molar-refractivity contribution >= 4 is 5.91 Å². The minimum absolute atomic E-state index is 0.0418. The number of nitrogens with two attached hydrogens (primary N) is 1. The zero-order valence-corrected chi connectivity index (χ0v) is 12.5. The van der Waals surface area contributed by atoms with Crippen LogP contribution in [0.5, 0.6) is 0 Å². The van der Waals surface area contributed by atoms with Gasteiger partial charge in [0.1, 0.15) is 6.61 Å². The van der Waals surface area contributed by atoms with Crippen LogP contribution in [0, 0.1) is 5.92 Å². The van der Waals surface area contributed by atoms with E-state index in [-0.39, 0.29) is 18.6 Å². The van der Waals surface area contributed by atoms with Crippen LogP contribution in [0.25, 0.3) is 0 Å². The summed E-state index contributed by atoms with van der Waals surface area (Å²) in [6, 6.07) is 10.2. The van der Waals surface area contributed by atoms with E-state index in [2.05, 4.69) is 31.3 Å². The normalized spacial score (nSPS) is 12.4. The lowest BCUT2D eigenvalue weighted by atomic mass is 9.89. The van der Waals surface area contributed by atoms with Crippen LogP contribution < -0.4 is 11.1 Å². The van der Waals surface area contributed by atoms with Gasteiger partial charge in [0.05, 0.1) is 12.6 Å². The van der Waals surface area contributed by atoms with Crippen molar-refractivity contribution in [2.75, 3.05) is 19.8 Å². The number of amides is 1. The topological polar surface area (TPSA) is 64.3 Å². The van der Waals surface area contributed by atoms with Crippen molar-refractivity contribution in [3.05, 3.63) is 35.9 Å². The number of hydrogen-bond donors (Lipinski definition) is 2. The molecular formula is C16H26N2O2. The standard InChI is InChI=1S/C16H26N2O2/c1-3-13(4-2)16(14-8-6-5-7-9-14)18-15(19)12-20-11-10-17/h5-9,13,16H,3-4,10-12,17H2,1-2H3,(H,18,19). The largest absolute Gasteiger partial charge is 0.370 e. The van der Waals surface area contributed by atoms with E-state index in [4.69, 9.17) is 10.5 Å². The Labute approximate surface area is 121 Å². The maximum Gasteiger partial charge on any atom is 0.246 e. The van der Waals surface area contributed by atoms with Crippen LogP contribution in [0.3, 0.4) is 0 Å². The maximum absolute atomic E-state index is 12.0. The third-order valence-corrected chi connectivity index (χ3v) is 3.49. The van der Waals surface area contributed by atoms with E-state index in [1.54, 1.807) is 0 Å². The van der Waals surface area contributed by atoms with Gasteiger partial charge in [-0.2, -0.15) is 0 Å². The number of carbonyl (C=O) groups excluding carboxylic acids is 1. The van der Waals surface area contributed by atoms with Gasteiger partial charge in [0.2, 0.25) is 5.91 Å². The molecule has 0 aliphatic rings. The number of benzene rings is 1. The van der Waals surface area contributed by atoms with Crippen molar-refractivity contribution in [3.63, 3.8) is 0 Å². The summed E-state index contributed by atoms with van der Waals surface area (Å²) in [6.07, 6.45) is 2.06. The van der Waals surface area contributed by atoms with Gasteiger partial charge in [-0.15, -0.1) is 0 Å². The molecule has 0 bridgehead atoms. The second kappa shape index (κ2) is 9.50. The molecule has 4 nitrogen and oxygen atoms in total. The van der Waals surface area contributed by atoms with Crippen molar-refractivity contribution in [1.82, 2.24) is 5.32 Å². The Bertz CT molecular complexity index is 377. The Balaban J connectivity index is 2.71. The summed E-state index contributed by atoms with van der Waals surface area (Å²) in [5.41, 5.74) is 6.49. The fraction of sp³-hybridized carbons (Fsp3) is 0.562. The minimum Gasteiger partial charge on any atom is -0.370 e. The zero-order valence-electron chi connectivity index (χ0n) is 12.5. The number of ether oxygens (including phenoxy) is 1. The molecule has 0 fully saturated rings. The average molecular weight is 278 g/mol. The summed E-state index contributed by atoms with van der Waals surface area (Å²) in [4.78, 5) is 12.0. The quantitative estimate of drug-likeness (QED) is 0.681. The number of carbonyl (C=O) groups is 1. The van der Waals surface area contributed by atoms with Gasteiger partial charge in [0, 0.05) is 6.54 Å². The smallest absolute Gasteiger partial charge is 0.246 e. The third kappa shape index (κ3) is 5.31. The third-order valence-electron chi connectivity index (χ3n) is 3.49. The van der Waals surface area contributed by atoms with Crippen LogP contribution in [-0.2, 0) is 9.53 Å². The van der Waals surface area contributed by atoms with Crippen LogP contribution in [-0.4, -0.2) is 25.7 Å². The molecule has 0 spiro atoms. The highest BCUT2D eigenvalue weighted by atomic mass is 16.5. The molecule has 20 heavy (non-hydrogen) atoms. The molecule has 3 N–H and O–H groups in total. The van der Waals surface area contributed by atoms with Gasteiger partial charge in [-0.3, -0.25) is 4.79 Å². The summed E-state index contributed by atoms with van der Waals surface area (Å²) in [5, 5.41) is 3.09. The van der Waals surface area contributed by atoms with Crippen molar-refractivity contribution in [3.8, 4) is 0 Å². The Morgan fingerprint density at radius 1 is 1.25 bits per heavy atom. The van der Waals surface area contributed by atoms with Crippen LogP contribution in [0.1, 0.15) is 38.3 Å². The molecule has 0 heterocycles. The van der Waals surface area contributed by atoms with Crippen molar-refractivity contribution in [2.24, 2.45) is 11.7 Å². The summed E-state index contributed by atoms with van der Waals surface area (Å²) < 4.78 is 5.19. The molecule has 1 atom stereocenters. The first kappa shape index (κ1) is 16.7. The summed E-state index contributed by atoms with van der Waals surface area (Å²) in [7, 11) is 0. The molecule has 0 radical (unpaired) electrons. The van der Waals surface area contributed by atoms with E-state index in [1.165, 1.54) is 0 Å². The number of hydrogen-bond acceptors (Lipinski definition) is 3. The fourth-order valence-corrected chi connectivity index (χ4v) is 2.36. The fourth-order valence-electron chi connectivity index (χ4n) is 2.36. The lowest BCUT2D eigenvalue weighted by Gasteiger charge is -2.27. The molecule has 1 unspecified atom stereocenters. The summed E-state index contributed by atoms with van der Waals surface area (Å²) in [6.45, 7) is 5.22. The van der Waals surface area contributed by atoms with E-state index < -0.39 is 0 Å². The van der Waals surface area contributed by atoms with Crippen LogP contribution >= 0.6 is 0 Å². The van der Waals surface area contributed by atoms with Crippen LogP contribution in [0.4, 0.5) is 0 Å². The van der Waals surface area contributed by atoms with Crippen molar-refractivity contribution in [1.29, 1.82) is 0 Å². The molecule has 1 aromatic rings. The van der Waals surface area contributed by atoms with Crippen molar-refractivity contribution < 1.29 is 9.53 Å². The SMILES string of the molecule is CCC(CC)C(NC(=O)COCCN)c1ccccc1. The van der Waals surface area contributed by atoms with Gasteiger partial charge in [-0.1, -0.05) is 57.0 Å². The van der Waals surface area contributed by atoms with Crippen LogP contribution in [0.15, 0.2) is 30.3 Å². The Kier molecular flexibility index (Phi) is 7.92. The Morgan fingerprint density at radius 3 is 2.45 bits per heavy atom. The molecule has 0 aromatic heterocycles. The lowest BCUT2D eigenvalue weighted by Crippen LogP contribution is -2.36. The molecule has 1 aromatic carbocycles. The van der Waals surface area contributed by atoms with Crippen molar-refractivity contribution in [2.45, 2.75) is 32.7 Å². The van der Waals surface area contributed by atoms with Gasteiger partial charge >= 0.3 is 0 Å². The first-order valence-corrected chi connectivity index (χ1v) is 7.35. The molecular weight excluding hydrogens is 252 g/mol. The molecule has 112 valence electrons. The van der Waals surface area contributed by atoms with Gasteiger partial charge in [-0.25, -0.2) is 0 Å². The van der Waals surface area contributed by atoms with E-state index in [1.807, 2.05) is 18.2 Å². The first-order valence-electron chi connectivity index (χ1n) is 7.35. The van der Waals surface area contributed by atoms with Crippen LogP contribution in [0.2, 0.25) is 0 Å². The lowest BCUT2D eigenvalue weighted by molar-refractivity contribution is -0.126. The zero-order chi connectivity index (χ0) is 14.8. The van der Waals surface area contributed by atoms with Gasteiger partial charge in [0.25, 0.3) is 0 Å². The predicted molar refractivity (Wildman–Crippen MR) is 81.3 cm³/mol. The predicted octanol–water partition coefficient (Wildman–Crippen LogP) is 2.26. The molecule has 4 heteroatoms. The highest BCUT2D eigenvalue weighted by Crippen LogP contribution is 2.27. The highest BCUT2D eigenvalue weighted by molar-refractivity contribution is 5.77. The molecule has 1 amide bonds. The summed E-state index contributed by atoms with van der Waals surface area (Å²) >= 11 is 0. The Morgan fingerprint density at radius 2 is 1.90 bits per heavy atom. The van der Waals surface area contributed by atoms with E-state index in [9.17, 15) is 4.79 Å². The first-order chi connectivity index (χ1) is 9.72. The van der Waals surface area contributed by atoms with E-state index >= 15 is 0 Å². The Hall–Kier alpha value is -1.39.